The van der Waals surface area contributed by atoms with Crippen LogP contribution in [0.5, 0.6) is 5.75 Å². The predicted molar refractivity (Wildman–Crippen MR) is 88.4 cm³/mol. The summed E-state index contributed by atoms with van der Waals surface area (Å²) in [5.41, 5.74) is 1.08. The summed E-state index contributed by atoms with van der Waals surface area (Å²) in [6, 6.07) is 7.34. The lowest BCUT2D eigenvalue weighted by Crippen LogP contribution is -2.21. The smallest absolute Gasteiger partial charge is 0.140 e. The van der Waals surface area contributed by atoms with Crippen LogP contribution in [0, 0.1) is 5.92 Å². The van der Waals surface area contributed by atoms with Crippen molar-refractivity contribution in [2.24, 2.45) is 5.92 Å². The molecule has 0 spiro atoms. The lowest BCUT2D eigenvalue weighted by atomic mass is 10.1. The van der Waals surface area contributed by atoms with Crippen LogP contribution in [0.4, 0.5) is 0 Å². The minimum atomic E-state index is 0.285. The number of nitrogens with zero attached hydrogens (tertiary/aromatic N) is 2. The molecule has 2 aromatic rings. The topological polar surface area (TPSA) is 45.6 Å². The third kappa shape index (κ3) is 4.20. The molecular weight excluding hydrogens is 320 g/mol. The summed E-state index contributed by atoms with van der Waals surface area (Å²) in [6.45, 7) is 3.62. The first-order valence-electron chi connectivity index (χ1n) is 7.38. The largest absolute Gasteiger partial charge is 0.486 e. The molecule has 118 valence electrons. The van der Waals surface area contributed by atoms with Gasteiger partial charge in [-0.05, 0) is 43.1 Å². The fourth-order valence-corrected chi connectivity index (χ4v) is 3.42. The molecule has 22 heavy (non-hydrogen) atoms. The number of likely N-dealkylation sites (tertiary alicyclic amines) is 1. The molecule has 0 amide bonds. The Morgan fingerprint density at radius 1 is 1.36 bits per heavy atom. The van der Waals surface area contributed by atoms with E-state index in [0.29, 0.717) is 17.5 Å². The van der Waals surface area contributed by atoms with Gasteiger partial charge in [-0.1, -0.05) is 11.6 Å². The average molecular weight is 339 g/mol. The normalized spacial score (nSPS) is 18.7. The summed E-state index contributed by atoms with van der Waals surface area (Å²) in [6.07, 6.45) is 1.08. The highest BCUT2D eigenvalue weighted by atomic mass is 35.5. The van der Waals surface area contributed by atoms with Gasteiger partial charge in [-0.25, -0.2) is 4.98 Å². The standard InChI is InChI=1S/C16H19ClN2O2S/c17-13-1-3-15(4-2-13)21-10-16-18-14(11-22-16)8-19-6-5-12(7-19)9-20/h1-4,11-12,20H,5-10H2. The van der Waals surface area contributed by atoms with Gasteiger partial charge in [0.15, 0.2) is 0 Å². The fourth-order valence-electron chi connectivity index (χ4n) is 2.60. The summed E-state index contributed by atoms with van der Waals surface area (Å²) in [7, 11) is 0. The van der Waals surface area contributed by atoms with Crippen LogP contribution in [-0.2, 0) is 13.2 Å². The quantitative estimate of drug-likeness (QED) is 0.878. The molecule has 1 unspecified atom stereocenters. The molecule has 6 heteroatoms. The van der Waals surface area contributed by atoms with Crippen molar-refractivity contribution in [1.82, 2.24) is 9.88 Å². The third-order valence-corrected chi connectivity index (χ3v) is 4.91. The Labute approximate surface area is 139 Å². The molecule has 4 nitrogen and oxygen atoms in total. The number of aromatic nitrogens is 1. The molecule has 0 radical (unpaired) electrons. The average Bonchev–Trinajstić information content (AvgIpc) is 3.16. The Bertz CT molecular complexity index is 602. The molecule has 2 heterocycles. The second-order valence-electron chi connectivity index (χ2n) is 5.55. The van der Waals surface area contributed by atoms with Gasteiger partial charge in [0.2, 0.25) is 0 Å². The number of hydrogen-bond donors (Lipinski definition) is 1. The van der Waals surface area contributed by atoms with E-state index in [9.17, 15) is 5.11 Å². The Kier molecular flexibility index (Phi) is 5.31. The zero-order valence-corrected chi connectivity index (χ0v) is 13.8. The van der Waals surface area contributed by atoms with E-state index in [0.717, 1.165) is 42.5 Å². The summed E-state index contributed by atoms with van der Waals surface area (Å²) < 4.78 is 5.71. The monoisotopic (exact) mass is 338 g/mol. The molecule has 3 rings (SSSR count). The number of thiazole rings is 1. The summed E-state index contributed by atoms with van der Waals surface area (Å²) in [4.78, 5) is 6.97. The number of ether oxygens (including phenoxy) is 1. The molecule has 1 N–H and O–H groups in total. The van der Waals surface area contributed by atoms with Crippen molar-refractivity contribution in [3.63, 3.8) is 0 Å². The van der Waals surface area contributed by atoms with Crippen molar-refractivity contribution in [1.29, 1.82) is 0 Å². The molecule has 0 aliphatic carbocycles. The van der Waals surface area contributed by atoms with Gasteiger partial charge < -0.3 is 9.84 Å². The Balaban J connectivity index is 1.50. The summed E-state index contributed by atoms with van der Waals surface area (Å²) >= 11 is 7.47. The van der Waals surface area contributed by atoms with Crippen molar-refractivity contribution in [2.45, 2.75) is 19.6 Å². The maximum Gasteiger partial charge on any atom is 0.140 e. The Morgan fingerprint density at radius 2 is 2.18 bits per heavy atom. The van der Waals surface area contributed by atoms with Gasteiger partial charge in [0.05, 0.1) is 5.69 Å². The molecule has 1 aliphatic heterocycles. The molecule has 1 saturated heterocycles. The maximum absolute atomic E-state index is 9.18. The van der Waals surface area contributed by atoms with E-state index in [1.165, 1.54) is 0 Å². The predicted octanol–water partition coefficient (Wildman–Crippen LogP) is 3.19. The molecule has 1 aromatic heterocycles. The van der Waals surface area contributed by atoms with Crippen molar-refractivity contribution < 1.29 is 9.84 Å². The zero-order chi connectivity index (χ0) is 15.4. The van der Waals surface area contributed by atoms with E-state index in [4.69, 9.17) is 16.3 Å². The lowest BCUT2D eigenvalue weighted by molar-refractivity contribution is 0.219. The van der Waals surface area contributed by atoms with Crippen LogP contribution in [0.15, 0.2) is 29.6 Å². The van der Waals surface area contributed by atoms with Crippen LogP contribution < -0.4 is 4.74 Å². The van der Waals surface area contributed by atoms with Crippen LogP contribution in [0.3, 0.4) is 0 Å². The first kappa shape index (κ1) is 15.7. The van der Waals surface area contributed by atoms with E-state index in [1.807, 2.05) is 24.3 Å². The number of rotatable bonds is 6. The molecule has 0 bridgehead atoms. The minimum absolute atomic E-state index is 0.285. The van der Waals surface area contributed by atoms with Gasteiger partial charge in [-0.3, -0.25) is 4.90 Å². The van der Waals surface area contributed by atoms with Gasteiger partial charge in [-0.2, -0.15) is 0 Å². The van der Waals surface area contributed by atoms with Crippen molar-refractivity contribution in [3.05, 3.63) is 45.4 Å². The van der Waals surface area contributed by atoms with Gasteiger partial charge in [0.1, 0.15) is 17.4 Å². The van der Waals surface area contributed by atoms with Crippen molar-refractivity contribution >= 4 is 22.9 Å². The van der Waals surface area contributed by atoms with Gasteiger partial charge in [0, 0.05) is 30.1 Å². The van der Waals surface area contributed by atoms with Crippen molar-refractivity contribution in [3.8, 4) is 5.75 Å². The van der Waals surface area contributed by atoms with Crippen molar-refractivity contribution in [2.75, 3.05) is 19.7 Å². The van der Waals surface area contributed by atoms with Crippen LogP contribution >= 0.6 is 22.9 Å². The number of aliphatic hydroxyl groups excluding tert-OH is 1. The maximum atomic E-state index is 9.18. The van der Waals surface area contributed by atoms with E-state index in [-0.39, 0.29) is 6.61 Å². The second-order valence-corrected chi connectivity index (χ2v) is 6.93. The van der Waals surface area contributed by atoms with E-state index >= 15 is 0 Å². The van der Waals surface area contributed by atoms with Crippen LogP contribution in [-0.4, -0.2) is 34.7 Å². The second kappa shape index (κ2) is 7.42. The summed E-state index contributed by atoms with van der Waals surface area (Å²) in [5, 5.41) is 13.0. The van der Waals surface area contributed by atoms with Crippen LogP contribution in [0.1, 0.15) is 17.1 Å². The molecule has 1 aliphatic rings. The van der Waals surface area contributed by atoms with Crippen LogP contribution in [0.25, 0.3) is 0 Å². The highest BCUT2D eigenvalue weighted by molar-refractivity contribution is 7.09. The molecule has 0 saturated carbocycles. The summed E-state index contributed by atoms with van der Waals surface area (Å²) in [5.74, 6) is 1.22. The minimum Gasteiger partial charge on any atom is -0.486 e. The molecule has 1 fully saturated rings. The lowest BCUT2D eigenvalue weighted by Gasteiger charge is -2.13. The highest BCUT2D eigenvalue weighted by Crippen LogP contribution is 2.21. The number of benzene rings is 1. The van der Waals surface area contributed by atoms with Crippen LogP contribution in [0.2, 0.25) is 5.02 Å². The van der Waals surface area contributed by atoms with Gasteiger partial charge in [0.25, 0.3) is 0 Å². The number of hydrogen-bond acceptors (Lipinski definition) is 5. The highest BCUT2D eigenvalue weighted by Gasteiger charge is 2.22. The third-order valence-electron chi connectivity index (χ3n) is 3.79. The number of aliphatic hydroxyl groups is 1. The zero-order valence-electron chi connectivity index (χ0n) is 12.2. The van der Waals surface area contributed by atoms with Gasteiger partial charge >= 0.3 is 0 Å². The number of halogens is 1. The SMILES string of the molecule is OCC1CCN(Cc2csc(COc3ccc(Cl)cc3)n2)C1. The van der Waals surface area contributed by atoms with Gasteiger partial charge in [-0.15, -0.1) is 11.3 Å². The molecule has 1 atom stereocenters. The van der Waals surface area contributed by atoms with E-state index < -0.39 is 0 Å². The molecular formula is C16H19ClN2O2S. The Morgan fingerprint density at radius 3 is 2.91 bits per heavy atom. The first-order valence-corrected chi connectivity index (χ1v) is 8.63. The van der Waals surface area contributed by atoms with E-state index in [2.05, 4.69) is 15.3 Å². The Hall–Kier alpha value is -1.14. The first-order chi connectivity index (χ1) is 10.7. The van der Waals surface area contributed by atoms with E-state index in [1.54, 1.807) is 11.3 Å². The molecule has 1 aromatic carbocycles. The fraction of sp³-hybridized carbons (Fsp3) is 0.438.